The number of β-amino-alcohol motifs (C(OH)–C–C–N with tert-alkyl or cyclic N) is 1. The summed E-state index contributed by atoms with van der Waals surface area (Å²) in [4.78, 5) is 16.3. The molecule has 1 aliphatic rings. The van der Waals surface area contributed by atoms with Crippen molar-refractivity contribution in [1.82, 2.24) is 15.1 Å². The number of amides is 1. The van der Waals surface area contributed by atoms with Crippen LogP contribution in [-0.4, -0.2) is 66.2 Å². The van der Waals surface area contributed by atoms with E-state index in [1.54, 1.807) is 0 Å². The lowest BCUT2D eigenvalue weighted by Gasteiger charge is -2.35. The number of nitrogens with zero attached hydrogens (tertiary/aromatic N) is 2. The molecule has 2 N–H and O–H groups in total. The van der Waals surface area contributed by atoms with Crippen molar-refractivity contribution in [2.75, 3.05) is 33.2 Å². The van der Waals surface area contributed by atoms with Crippen molar-refractivity contribution in [3.05, 3.63) is 35.9 Å². The van der Waals surface area contributed by atoms with Crippen molar-refractivity contribution < 1.29 is 9.90 Å². The monoisotopic (exact) mass is 347 g/mol. The third-order valence-electron chi connectivity index (χ3n) is 4.66. The number of nitrogens with one attached hydrogen (secondary N) is 1. The van der Waals surface area contributed by atoms with Crippen molar-refractivity contribution in [3.8, 4) is 0 Å². The Morgan fingerprint density at radius 3 is 2.76 bits per heavy atom. The highest BCUT2D eigenvalue weighted by atomic mass is 16.3. The molecule has 0 spiro atoms. The first-order valence-corrected chi connectivity index (χ1v) is 9.37. The number of hydrogen-bond acceptors (Lipinski definition) is 4. The maximum Gasteiger partial charge on any atom is 0.222 e. The standard InChI is InChI=1S/C20H33N3O2/c1-16(2)20(25)21-18-10-7-11-23(13-18)15-19(24)14-22(3)12-17-8-5-4-6-9-17/h4-6,8-9,16,18-19,24H,7,10-15H2,1-3H3,(H,21,25). The van der Waals surface area contributed by atoms with E-state index in [1.807, 2.05) is 39.1 Å². The number of likely N-dealkylation sites (tertiary alicyclic amines) is 1. The molecule has 0 radical (unpaired) electrons. The zero-order valence-corrected chi connectivity index (χ0v) is 15.8. The highest BCUT2D eigenvalue weighted by Crippen LogP contribution is 2.12. The van der Waals surface area contributed by atoms with Crippen molar-refractivity contribution in [2.45, 2.75) is 45.4 Å². The van der Waals surface area contributed by atoms with Crippen molar-refractivity contribution in [3.63, 3.8) is 0 Å². The number of likely N-dealkylation sites (N-methyl/N-ethyl adjacent to an activating group) is 1. The third-order valence-corrected chi connectivity index (χ3v) is 4.66. The quantitative estimate of drug-likeness (QED) is 0.752. The van der Waals surface area contributed by atoms with Gasteiger partial charge in [-0.15, -0.1) is 0 Å². The largest absolute Gasteiger partial charge is 0.390 e. The van der Waals surface area contributed by atoms with Crippen LogP contribution in [0.25, 0.3) is 0 Å². The van der Waals surface area contributed by atoms with E-state index in [4.69, 9.17) is 0 Å². The Kier molecular flexibility index (Phi) is 7.88. The van der Waals surface area contributed by atoms with Gasteiger partial charge in [0.25, 0.3) is 0 Å². The fourth-order valence-corrected chi connectivity index (χ4v) is 3.38. The molecule has 1 aliphatic heterocycles. The minimum Gasteiger partial charge on any atom is -0.390 e. The normalized spacial score (nSPS) is 20.0. The van der Waals surface area contributed by atoms with Gasteiger partial charge in [-0.2, -0.15) is 0 Å². The van der Waals surface area contributed by atoms with Gasteiger partial charge >= 0.3 is 0 Å². The fraction of sp³-hybridized carbons (Fsp3) is 0.650. The zero-order valence-electron chi connectivity index (χ0n) is 15.8. The van der Waals surface area contributed by atoms with E-state index in [0.717, 1.165) is 32.5 Å². The summed E-state index contributed by atoms with van der Waals surface area (Å²) in [6.45, 7) is 7.81. The molecule has 25 heavy (non-hydrogen) atoms. The summed E-state index contributed by atoms with van der Waals surface area (Å²) in [6.07, 6.45) is 1.71. The van der Waals surface area contributed by atoms with Crippen LogP contribution in [0.1, 0.15) is 32.3 Å². The van der Waals surface area contributed by atoms with Gasteiger partial charge in [0.05, 0.1) is 6.10 Å². The average molecular weight is 348 g/mol. The summed E-state index contributed by atoms with van der Waals surface area (Å²) < 4.78 is 0. The van der Waals surface area contributed by atoms with Crippen LogP contribution in [0.3, 0.4) is 0 Å². The first-order chi connectivity index (χ1) is 11.9. The van der Waals surface area contributed by atoms with Crippen LogP contribution in [-0.2, 0) is 11.3 Å². The molecular formula is C20H33N3O2. The Morgan fingerprint density at radius 2 is 2.08 bits per heavy atom. The molecule has 140 valence electrons. The van der Waals surface area contributed by atoms with E-state index in [2.05, 4.69) is 27.2 Å². The molecule has 0 aliphatic carbocycles. The molecule has 1 heterocycles. The van der Waals surface area contributed by atoms with Crippen LogP contribution in [0, 0.1) is 5.92 Å². The molecule has 0 aromatic heterocycles. The molecule has 0 saturated carbocycles. The smallest absolute Gasteiger partial charge is 0.222 e. The maximum atomic E-state index is 11.9. The van der Waals surface area contributed by atoms with Crippen LogP contribution in [0.4, 0.5) is 0 Å². The third kappa shape index (κ3) is 7.14. The molecular weight excluding hydrogens is 314 g/mol. The van der Waals surface area contributed by atoms with Gasteiger partial charge in [-0.05, 0) is 32.0 Å². The topological polar surface area (TPSA) is 55.8 Å². The Balaban J connectivity index is 1.73. The van der Waals surface area contributed by atoms with Gasteiger partial charge in [0.2, 0.25) is 5.91 Å². The average Bonchev–Trinajstić information content (AvgIpc) is 2.55. The first-order valence-electron chi connectivity index (χ1n) is 9.37. The number of aliphatic hydroxyl groups excluding tert-OH is 1. The molecule has 1 fully saturated rings. The van der Waals surface area contributed by atoms with Gasteiger partial charge in [-0.25, -0.2) is 0 Å². The second-order valence-corrected chi connectivity index (χ2v) is 7.60. The van der Waals surface area contributed by atoms with E-state index < -0.39 is 0 Å². The fourth-order valence-electron chi connectivity index (χ4n) is 3.38. The SMILES string of the molecule is CC(C)C(=O)NC1CCCN(CC(O)CN(C)Cc2ccccc2)C1. The van der Waals surface area contributed by atoms with Crippen LogP contribution < -0.4 is 5.32 Å². The summed E-state index contributed by atoms with van der Waals surface area (Å²) in [5.74, 6) is 0.141. The Morgan fingerprint density at radius 1 is 1.36 bits per heavy atom. The number of carbonyl (C=O) groups is 1. The summed E-state index contributed by atoms with van der Waals surface area (Å²) in [5.41, 5.74) is 1.26. The Labute approximate surface area is 152 Å². The summed E-state index contributed by atoms with van der Waals surface area (Å²) in [6, 6.07) is 10.5. The number of hydrogen-bond donors (Lipinski definition) is 2. The summed E-state index contributed by atoms with van der Waals surface area (Å²) in [5, 5.41) is 13.6. The van der Waals surface area contributed by atoms with Gasteiger partial charge < -0.3 is 10.4 Å². The lowest BCUT2D eigenvalue weighted by molar-refractivity contribution is -0.125. The molecule has 2 unspecified atom stereocenters. The molecule has 1 amide bonds. The van der Waals surface area contributed by atoms with Crippen LogP contribution in [0.15, 0.2) is 30.3 Å². The van der Waals surface area contributed by atoms with Crippen molar-refractivity contribution in [1.29, 1.82) is 0 Å². The van der Waals surface area contributed by atoms with E-state index in [1.165, 1.54) is 5.56 Å². The Bertz CT molecular complexity index is 521. The van der Waals surface area contributed by atoms with Gasteiger partial charge in [0.1, 0.15) is 0 Å². The predicted molar refractivity (Wildman–Crippen MR) is 101 cm³/mol. The molecule has 5 nitrogen and oxygen atoms in total. The number of aliphatic hydroxyl groups is 1. The molecule has 1 aromatic rings. The van der Waals surface area contributed by atoms with E-state index in [9.17, 15) is 9.90 Å². The molecule has 2 rings (SSSR count). The lowest BCUT2D eigenvalue weighted by atomic mass is 10.0. The minimum atomic E-state index is -0.381. The molecule has 5 heteroatoms. The van der Waals surface area contributed by atoms with Crippen molar-refractivity contribution >= 4 is 5.91 Å². The number of piperidine rings is 1. The number of benzene rings is 1. The second-order valence-electron chi connectivity index (χ2n) is 7.60. The van der Waals surface area contributed by atoms with Gasteiger partial charge in [0.15, 0.2) is 0 Å². The zero-order chi connectivity index (χ0) is 18.2. The summed E-state index contributed by atoms with van der Waals surface area (Å²) >= 11 is 0. The first kappa shape index (κ1) is 19.9. The van der Waals surface area contributed by atoms with Crippen molar-refractivity contribution in [2.24, 2.45) is 5.92 Å². The Hall–Kier alpha value is -1.43. The highest BCUT2D eigenvalue weighted by molar-refractivity contribution is 5.78. The van der Waals surface area contributed by atoms with Gasteiger partial charge in [-0.3, -0.25) is 14.6 Å². The van der Waals surface area contributed by atoms with Crippen LogP contribution in [0.5, 0.6) is 0 Å². The van der Waals surface area contributed by atoms with E-state index in [0.29, 0.717) is 13.1 Å². The maximum absolute atomic E-state index is 11.9. The minimum absolute atomic E-state index is 0.0209. The second kappa shape index (κ2) is 9.90. The van der Waals surface area contributed by atoms with E-state index >= 15 is 0 Å². The number of carbonyl (C=O) groups excluding carboxylic acids is 1. The predicted octanol–water partition coefficient (Wildman–Crippen LogP) is 1.72. The highest BCUT2D eigenvalue weighted by Gasteiger charge is 2.24. The lowest BCUT2D eigenvalue weighted by Crippen LogP contribution is -2.51. The molecule has 2 atom stereocenters. The number of rotatable bonds is 8. The molecule has 1 saturated heterocycles. The molecule has 1 aromatic carbocycles. The van der Waals surface area contributed by atoms with Crippen LogP contribution in [0.2, 0.25) is 0 Å². The van der Waals surface area contributed by atoms with E-state index in [-0.39, 0.29) is 24.0 Å². The molecule has 0 bridgehead atoms. The van der Waals surface area contributed by atoms with Gasteiger partial charge in [-0.1, -0.05) is 44.2 Å². The van der Waals surface area contributed by atoms with Crippen LogP contribution >= 0.6 is 0 Å². The van der Waals surface area contributed by atoms with Gasteiger partial charge in [0, 0.05) is 38.1 Å². The summed E-state index contributed by atoms with van der Waals surface area (Å²) in [7, 11) is 2.04.